The fourth-order valence-electron chi connectivity index (χ4n) is 4.12. The van der Waals surface area contributed by atoms with Gasteiger partial charge in [-0.1, -0.05) is 41.1 Å². The van der Waals surface area contributed by atoms with Gasteiger partial charge in [-0.05, 0) is 31.5 Å². The molecule has 0 unspecified atom stereocenters. The Morgan fingerprint density at radius 3 is 2.68 bits per heavy atom. The lowest BCUT2D eigenvalue weighted by Gasteiger charge is -2.28. The minimum absolute atomic E-state index is 0.123. The third-order valence-electron chi connectivity index (χ3n) is 6.14. The molecule has 0 radical (unpaired) electrons. The van der Waals surface area contributed by atoms with E-state index < -0.39 is 16.1 Å². The number of amidine groups is 1. The van der Waals surface area contributed by atoms with E-state index in [1.165, 1.54) is 30.0 Å². The van der Waals surface area contributed by atoms with Gasteiger partial charge in [0, 0.05) is 44.7 Å². The molecule has 0 saturated carbocycles. The van der Waals surface area contributed by atoms with E-state index >= 15 is 0 Å². The Morgan fingerprint density at radius 2 is 1.97 bits per heavy atom. The quantitative estimate of drug-likeness (QED) is 0.391. The van der Waals surface area contributed by atoms with Crippen LogP contribution >= 0.6 is 23.4 Å². The number of hydrogen-bond acceptors (Lipinski definition) is 8. The summed E-state index contributed by atoms with van der Waals surface area (Å²) in [6, 6.07) is 9.74. The van der Waals surface area contributed by atoms with Crippen LogP contribution in [-0.4, -0.2) is 76.3 Å². The number of nitrogens with one attached hydrogen (secondary N) is 1. The molecule has 2 saturated heterocycles. The number of nitro benzene ring substituents is 1. The van der Waals surface area contributed by atoms with Crippen molar-refractivity contribution in [3.8, 4) is 0 Å². The second-order valence-corrected chi connectivity index (χ2v) is 10.5. The average molecular weight is 546 g/mol. The van der Waals surface area contributed by atoms with E-state index in [1.54, 1.807) is 4.90 Å². The monoisotopic (exact) mass is 545 g/mol. The van der Waals surface area contributed by atoms with Gasteiger partial charge in [0.15, 0.2) is 5.17 Å². The van der Waals surface area contributed by atoms with Gasteiger partial charge in [-0.15, -0.1) is 0 Å². The number of hydrogen-bond donors (Lipinski definition) is 1. The van der Waals surface area contributed by atoms with E-state index in [0.29, 0.717) is 31.5 Å². The summed E-state index contributed by atoms with van der Waals surface area (Å²) in [6.07, 6.45) is -0.123. The first-order valence-electron chi connectivity index (χ1n) is 11.9. The molecule has 2 amide bonds. The molecule has 2 fully saturated rings. The highest BCUT2D eigenvalue weighted by Crippen LogP contribution is 2.33. The fraction of sp³-hybridized carbons (Fsp3) is 0.400. The van der Waals surface area contributed by atoms with Crippen LogP contribution in [0, 0.1) is 24.0 Å². The summed E-state index contributed by atoms with van der Waals surface area (Å²) in [6.45, 7) is 8.02. The summed E-state index contributed by atoms with van der Waals surface area (Å²) in [4.78, 5) is 45.4. The zero-order valence-corrected chi connectivity index (χ0v) is 22.2. The molecule has 10 nitrogen and oxygen atoms in total. The van der Waals surface area contributed by atoms with Crippen molar-refractivity contribution in [2.75, 3.05) is 44.7 Å². The number of nitrogens with zero attached hydrogens (tertiary/aromatic N) is 4. The number of aliphatic imine (C=N–C) groups is 1. The molecular weight excluding hydrogens is 518 g/mol. The van der Waals surface area contributed by atoms with Crippen LogP contribution in [0.1, 0.15) is 17.5 Å². The predicted molar refractivity (Wildman–Crippen MR) is 145 cm³/mol. The molecule has 1 N–H and O–H groups in total. The van der Waals surface area contributed by atoms with Crippen LogP contribution in [0.25, 0.3) is 0 Å². The van der Waals surface area contributed by atoms with E-state index in [4.69, 9.17) is 21.3 Å². The highest BCUT2D eigenvalue weighted by Gasteiger charge is 2.39. The van der Waals surface area contributed by atoms with Gasteiger partial charge in [0.2, 0.25) is 11.8 Å². The number of thioether (sulfide) groups is 1. The standard InChI is InChI=1S/C25H28ClN5O5S/c1-16-3-6-20(17(2)13-16)28-25-30(8-7-29-9-11-36-12-10-29)24(33)22(37-25)15-23(32)27-21-14-18(31(34)35)4-5-19(21)26/h3-6,13-14,22H,7-12,15H2,1-2H3,(H,27,32)/t22-/m1/s1. The molecule has 196 valence electrons. The molecule has 0 aromatic heterocycles. The summed E-state index contributed by atoms with van der Waals surface area (Å²) in [5.41, 5.74) is 2.82. The smallest absolute Gasteiger partial charge is 0.271 e. The van der Waals surface area contributed by atoms with Crippen molar-refractivity contribution in [2.24, 2.45) is 4.99 Å². The van der Waals surface area contributed by atoms with Gasteiger partial charge in [-0.3, -0.25) is 29.5 Å². The largest absolute Gasteiger partial charge is 0.379 e. The number of rotatable bonds is 8. The second kappa shape index (κ2) is 12.0. The Kier molecular flexibility index (Phi) is 8.80. The molecule has 1 atom stereocenters. The topological polar surface area (TPSA) is 117 Å². The molecule has 37 heavy (non-hydrogen) atoms. The first-order chi connectivity index (χ1) is 17.7. The Hall–Kier alpha value is -2.99. The van der Waals surface area contributed by atoms with Gasteiger partial charge < -0.3 is 10.1 Å². The number of aryl methyl sites for hydroxylation is 2. The summed E-state index contributed by atoms with van der Waals surface area (Å²) in [5.74, 6) is -0.656. The normalized spacial score (nSPS) is 19.4. The predicted octanol–water partition coefficient (Wildman–Crippen LogP) is 4.16. The number of benzene rings is 2. The molecule has 0 bridgehead atoms. The molecule has 2 aromatic carbocycles. The van der Waals surface area contributed by atoms with Crippen molar-refractivity contribution in [2.45, 2.75) is 25.5 Å². The third-order valence-corrected chi connectivity index (χ3v) is 7.64. The molecule has 0 aliphatic carbocycles. The molecule has 12 heteroatoms. The van der Waals surface area contributed by atoms with Crippen LogP contribution in [0.5, 0.6) is 0 Å². The van der Waals surface area contributed by atoms with Gasteiger partial charge in [0.05, 0.1) is 34.5 Å². The van der Waals surface area contributed by atoms with Crippen LogP contribution in [-0.2, 0) is 14.3 Å². The SMILES string of the molecule is Cc1ccc(N=C2S[C@H](CC(=O)Nc3cc([N+](=O)[O-])ccc3Cl)C(=O)N2CCN2CCOCC2)c(C)c1. The minimum Gasteiger partial charge on any atom is -0.379 e. The first kappa shape index (κ1) is 27.1. The van der Waals surface area contributed by atoms with E-state index in [1.807, 2.05) is 32.0 Å². The van der Waals surface area contributed by atoms with Crippen LogP contribution in [0.3, 0.4) is 0 Å². The van der Waals surface area contributed by atoms with Crippen molar-refractivity contribution < 1.29 is 19.2 Å². The van der Waals surface area contributed by atoms with Gasteiger partial charge in [-0.25, -0.2) is 4.99 Å². The lowest BCUT2D eigenvalue weighted by molar-refractivity contribution is -0.384. The molecule has 2 aliphatic heterocycles. The number of nitro groups is 1. The summed E-state index contributed by atoms with van der Waals surface area (Å²) >= 11 is 7.37. The molecule has 0 spiro atoms. The van der Waals surface area contributed by atoms with E-state index in [-0.39, 0.29) is 28.7 Å². The summed E-state index contributed by atoms with van der Waals surface area (Å²) in [5, 5.41) is 13.7. The van der Waals surface area contributed by atoms with Crippen LogP contribution in [0.15, 0.2) is 41.4 Å². The van der Waals surface area contributed by atoms with Crippen LogP contribution in [0.4, 0.5) is 17.1 Å². The maximum absolute atomic E-state index is 13.4. The maximum Gasteiger partial charge on any atom is 0.271 e. The number of carbonyl (C=O) groups excluding carboxylic acids is 2. The summed E-state index contributed by atoms with van der Waals surface area (Å²) < 4.78 is 5.41. The number of carbonyl (C=O) groups is 2. The van der Waals surface area contributed by atoms with Gasteiger partial charge in [-0.2, -0.15) is 0 Å². The van der Waals surface area contributed by atoms with E-state index in [0.717, 1.165) is 29.9 Å². The van der Waals surface area contributed by atoms with Gasteiger partial charge in [0.1, 0.15) is 5.25 Å². The van der Waals surface area contributed by atoms with Crippen molar-refractivity contribution in [3.05, 3.63) is 62.7 Å². The number of amides is 2. The summed E-state index contributed by atoms with van der Waals surface area (Å²) in [7, 11) is 0. The van der Waals surface area contributed by atoms with Gasteiger partial charge >= 0.3 is 0 Å². The Bertz CT molecular complexity index is 1230. The number of morpholine rings is 1. The zero-order chi connectivity index (χ0) is 26.5. The molecule has 2 aromatic rings. The van der Waals surface area contributed by atoms with Crippen molar-refractivity contribution in [3.63, 3.8) is 0 Å². The number of anilines is 1. The third kappa shape index (κ3) is 6.86. The van der Waals surface area contributed by atoms with Crippen LogP contribution in [0.2, 0.25) is 5.02 Å². The molecule has 4 rings (SSSR count). The molecule has 2 aliphatic rings. The Balaban J connectivity index is 1.51. The first-order valence-corrected chi connectivity index (χ1v) is 13.1. The Morgan fingerprint density at radius 1 is 1.22 bits per heavy atom. The van der Waals surface area contributed by atoms with Gasteiger partial charge in [0.25, 0.3) is 5.69 Å². The van der Waals surface area contributed by atoms with E-state index in [2.05, 4.69) is 10.2 Å². The highest BCUT2D eigenvalue weighted by molar-refractivity contribution is 8.15. The lowest BCUT2D eigenvalue weighted by atomic mass is 10.1. The average Bonchev–Trinajstić information content (AvgIpc) is 3.14. The van der Waals surface area contributed by atoms with Crippen molar-refractivity contribution >= 4 is 57.4 Å². The fourth-order valence-corrected chi connectivity index (χ4v) is 5.46. The second-order valence-electron chi connectivity index (χ2n) is 8.91. The van der Waals surface area contributed by atoms with E-state index in [9.17, 15) is 19.7 Å². The van der Waals surface area contributed by atoms with Crippen molar-refractivity contribution in [1.82, 2.24) is 9.80 Å². The number of non-ortho nitro benzene ring substituents is 1. The Labute approximate surface area is 224 Å². The van der Waals surface area contributed by atoms with Crippen molar-refractivity contribution in [1.29, 1.82) is 0 Å². The lowest BCUT2D eigenvalue weighted by Crippen LogP contribution is -2.43. The highest BCUT2D eigenvalue weighted by atomic mass is 35.5. The van der Waals surface area contributed by atoms with Crippen LogP contribution < -0.4 is 5.32 Å². The zero-order valence-electron chi connectivity index (χ0n) is 20.6. The molecule has 2 heterocycles. The number of halogens is 1. The minimum atomic E-state index is -0.674. The maximum atomic E-state index is 13.4. The molecular formula is C25H28ClN5O5S. The number of ether oxygens (including phenoxy) is 1.